The summed E-state index contributed by atoms with van der Waals surface area (Å²) in [5.74, 6) is 0. The second kappa shape index (κ2) is 4.77. The third kappa shape index (κ3) is 2.79. The van der Waals surface area contributed by atoms with Crippen molar-refractivity contribution in [1.82, 2.24) is 15.1 Å². The van der Waals surface area contributed by atoms with Gasteiger partial charge in [-0.05, 0) is 33.9 Å². The van der Waals surface area contributed by atoms with Gasteiger partial charge in [-0.3, -0.25) is 4.68 Å². The summed E-state index contributed by atoms with van der Waals surface area (Å²) in [5, 5.41) is 7.66. The molecule has 0 aliphatic heterocycles. The summed E-state index contributed by atoms with van der Waals surface area (Å²) >= 11 is 0. The Morgan fingerprint density at radius 1 is 1.60 bits per heavy atom. The zero-order valence-corrected chi connectivity index (χ0v) is 10.2. The van der Waals surface area contributed by atoms with Gasteiger partial charge in [-0.15, -0.1) is 0 Å². The van der Waals surface area contributed by atoms with Crippen molar-refractivity contribution in [2.75, 3.05) is 13.7 Å². The Kier molecular flexibility index (Phi) is 3.88. The maximum atomic E-state index is 5.73. The molecule has 4 heteroatoms. The van der Waals surface area contributed by atoms with Crippen molar-refractivity contribution in [3.8, 4) is 0 Å². The lowest BCUT2D eigenvalue weighted by molar-refractivity contribution is -0.0385. The van der Waals surface area contributed by atoms with Crippen molar-refractivity contribution < 1.29 is 4.74 Å². The van der Waals surface area contributed by atoms with Crippen LogP contribution in [0.2, 0.25) is 0 Å². The van der Waals surface area contributed by atoms with Crippen molar-refractivity contribution >= 4 is 0 Å². The molecule has 1 aromatic rings. The molecule has 0 saturated carbocycles. The fourth-order valence-corrected chi connectivity index (χ4v) is 1.89. The van der Waals surface area contributed by atoms with Gasteiger partial charge >= 0.3 is 0 Å². The minimum atomic E-state index is -0.252. The number of likely N-dealkylation sites (N-methyl/N-ethyl adjacent to an activating group) is 1. The first-order chi connectivity index (χ1) is 7.01. The van der Waals surface area contributed by atoms with Crippen molar-refractivity contribution in [1.29, 1.82) is 0 Å². The van der Waals surface area contributed by atoms with Crippen LogP contribution in [0.1, 0.15) is 32.5 Å². The van der Waals surface area contributed by atoms with Crippen molar-refractivity contribution in [3.05, 3.63) is 18.0 Å². The summed E-state index contributed by atoms with van der Waals surface area (Å²) in [4.78, 5) is 0. The first-order valence-corrected chi connectivity index (χ1v) is 5.32. The molecular weight excluding hydrogens is 190 g/mol. The molecule has 1 unspecified atom stereocenters. The lowest BCUT2D eigenvalue weighted by atomic mass is 9.96. The second-order valence-corrected chi connectivity index (χ2v) is 4.17. The SMILES string of the molecule is CCOC(C)(C)C(NC)c1ccn(C)n1. The topological polar surface area (TPSA) is 39.1 Å². The van der Waals surface area contributed by atoms with Crippen LogP contribution in [0.3, 0.4) is 0 Å². The van der Waals surface area contributed by atoms with Gasteiger partial charge in [0.25, 0.3) is 0 Å². The van der Waals surface area contributed by atoms with Crippen LogP contribution in [0.4, 0.5) is 0 Å². The van der Waals surface area contributed by atoms with E-state index in [-0.39, 0.29) is 11.6 Å². The molecule has 0 aliphatic rings. The molecule has 1 atom stereocenters. The number of nitrogens with zero attached hydrogens (tertiary/aromatic N) is 2. The van der Waals surface area contributed by atoms with Gasteiger partial charge < -0.3 is 10.1 Å². The predicted molar refractivity (Wildman–Crippen MR) is 60.7 cm³/mol. The average molecular weight is 211 g/mol. The third-order valence-electron chi connectivity index (χ3n) is 2.53. The molecule has 0 radical (unpaired) electrons. The quantitative estimate of drug-likeness (QED) is 0.802. The summed E-state index contributed by atoms with van der Waals surface area (Å²) in [6.07, 6.45) is 1.95. The van der Waals surface area contributed by atoms with Gasteiger partial charge in [0.05, 0.1) is 17.3 Å². The smallest absolute Gasteiger partial charge is 0.0836 e. The van der Waals surface area contributed by atoms with Crippen LogP contribution >= 0.6 is 0 Å². The first kappa shape index (κ1) is 12.2. The Hall–Kier alpha value is -0.870. The highest BCUT2D eigenvalue weighted by molar-refractivity contribution is 5.10. The van der Waals surface area contributed by atoms with E-state index in [2.05, 4.69) is 24.3 Å². The second-order valence-electron chi connectivity index (χ2n) is 4.17. The molecule has 1 rings (SSSR count). The van der Waals surface area contributed by atoms with Gasteiger partial charge in [0.2, 0.25) is 0 Å². The molecule has 0 aromatic carbocycles. The lowest BCUT2D eigenvalue weighted by Crippen LogP contribution is -2.40. The molecular formula is C11H21N3O. The number of aromatic nitrogens is 2. The van der Waals surface area contributed by atoms with Crippen molar-refractivity contribution in [2.24, 2.45) is 7.05 Å². The zero-order chi connectivity index (χ0) is 11.5. The monoisotopic (exact) mass is 211 g/mol. The lowest BCUT2D eigenvalue weighted by Gasteiger charge is -2.32. The number of nitrogens with one attached hydrogen (secondary N) is 1. The summed E-state index contributed by atoms with van der Waals surface area (Å²) in [7, 11) is 3.85. The molecule has 1 N–H and O–H groups in total. The van der Waals surface area contributed by atoms with Gasteiger partial charge in [-0.1, -0.05) is 0 Å². The van der Waals surface area contributed by atoms with Gasteiger partial charge in [-0.2, -0.15) is 5.10 Å². The maximum absolute atomic E-state index is 5.73. The van der Waals surface area contributed by atoms with Crippen LogP contribution in [-0.2, 0) is 11.8 Å². The van der Waals surface area contributed by atoms with Gasteiger partial charge in [0.1, 0.15) is 0 Å². The summed E-state index contributed by atoms with van der Waals surface area (Å²) < 4.78 is 7.54. The fourth-order valence-electron chi connectivity index (χ4n) is 1.89. The molecule has 4 nitrogen and oxygen atoms in total. The third-order valence-corrected chi connectivity index (χ3v) is 2.53. The van der Waals surface area contributed by atoms with E-state index in [4.69, 9.17) is 4.74 Å². The molecule has 0 spiro atoms. The van der Waals surface area contributed by atoms with Gasteiger partial charge in [0.15, 0.2) is 0 Å². The Balaban J connectivity index is 2.88. The van der Waals surface area contributed by atoms with E-state index in [0.29, 0.717) is 6.61 Å². The Bertz CT molecular complexity index is 307. The van der Waals surface area contributed by atoms with E-state index in [1.165, 1.54) is 0 Å². The van der Waals surface area contributed by atoms with E-state index in [1.54, 1.807) is 0 Å². The van der Waals surface area contributed by atoms with E-state index in [9.17, 15) is 0 Å². The number of hydrogen-bond donors (Lipinski definition) is 1. The normalized spacial score (nSPS) is 14.2. The van der Waals surface area contributed by atoms with Crippen LogP contribution < -0.4 is 5.32 Å². The Labute approximate surface area is 91.6 Å². The molecule has 0 aliphatic carbocycles. The van der Waals surface area contributed by atoms with E-state index >= 15 is 0 Å². The van der Waals surface area contributed by atoms with Gasteiger partial charge in [-0.25, -0.2) is 0 Å². The van der Waals surface area contributed by atoms with E-state index in [0.717, 1.165) is 5.69 Å². The minimum absolute atomic E-state index is 0.110. The maximum Gasteiger partial charge on any atom is 0.0836 e. The van der Waals surface area contributed by atoms with E-state index < -0.39 is 0 Å². The fraction of sp³-hybridized carbons (Fsp3) is 0.727. The molecule has 0 saturated heterocycles. The molecule has 1 heterocycles. The Morgan fingerprint density at radius 3 is 2.67 bits per heavy atom. The highest BCUT2D eigenvalue weighted by Gasteiger charge is 2.31. The molecule has 0 bridgehead atoms. The number of rotatable bonds is 5. The van der Waals surface area contributed by atoms with Crippen molar-refractivity contribution in [3.63, 3.8) is 0 Å². The summed E-state index contributed by atoms with van der Waals surface area (Å²) in [6.45, 7) is 6.86. The standard InChI is InChI=1S/C11H21N3O/c1-6-15-11(2,3)10(12-4)9-7-8-14(5)13-9/h7-8,10,12H,6H2,1-5H3. The summed E-state index contributed by atoms with van der Waals surface area (Å²) in [6, 6.07) is 2.13. The van der Waals surface area contributed by atoms with Crippen LogP contribution in [0.25, 0.3) is 0 Å². The van der Waals surface area contributed by atoms with Crippen LogP contribution in [-0.4, -0.2) is 29.0 Å². The molecule has 1 aromatic heterocycles. The van der Waals surface area contributed by atoms with Crippen LogP contribution in [0, 0.1) is 0 Å². The largest absolute Gasteiger partial charge is 0.374 e. The number of hydrogen-bond acceptors (Lipinski definition) is 3. The van der Waals surface area contributed by atoms with Crippen LogP contribution in [0.5, 0.6) is 0 Å². The molecule has 86 valence electrons. The average Bonchev–Trinajstić information content (AvgIpc) is 2.52. The van der Waals surface area contributed by atoms with Crippen LogP contribution in [0.15, 0.2) is 12.3 Å². The molecule has 15 heavy (non-hydrogen) atoms. The minimum Gasteiger partial charge on any atom is -0.374 e. The first-order valence-electron chi connectivity index (χ1n) is 5.32. The number of ether oxygens (including phenoxy) is 1. The Morgan fingerprint density at radius 2 is 2.27 bits per heavy atom. The van der Waals surface area contributed by atoms with E-state index in [1.807, 2.05) is 38.0 Å². The molecule has 0 fully saturated rings. The highest BCUT2D eigenvalue weighted by atomic mass is 16.5. The predicted octanol–water partition coefficient (Wildman–Crippen LogP) is 1.50. The number of aryl methyl sites for hydroxylation is 1. The van der Waals surface area contributed by atoms with Gasteiger partial charge in [0, 0.05) is 19.9 Å². The van der Waals surface area contributed by atoms with Crippen molar-refractivity contribution in [2.45, 2.75) is 32.4 Å². The summed E-state index contributed by atoms with van der Waals surface area (Å²) in [5.41, 5.74) is 0.760. The highest BCUT2D eigenvalue weighted by Crippen LogP contribution is 2.27. The zero-order valence-electron chi connectivity index (χ0n) is 10.2. The molecule has 0 amide bonds.